The Hall–Kier alpha value is -2.54. The summed E-state index contributed by atoms with van der Waals surface area (Å²) in [5.41, 5.74) is 3.29. The van der Waals surface area contributed by atoms with Crippen molar-refractivity contribution in [2.45, 2.75) is 32.7 Å². The van der Waals surface area contributed by atoms with Crippen LogP contribution in [0.1, 0.15) is 48.7 Å². The number of rotatable bonds is 6. The smallest absolute Gasteiger partial charge is 0.251 e. The van der Waals surface area contributed by atoms with E-state index in [0.29, 0.717) is 11.3 Å². The number of carbonyl (C=O) groups is 1. The molecule has 0 unspecified atom stereocenters. The van der Waals surface area contributed by atoms with Gasteiger partial charge in [-0.2, -0.15) is 0 Å². The molecule has 162 valence electrons. The number of nitrogens with zero attached hydrogens (tertiary/aromatic N) is 2. The highest BCUT2D eigenvalue weighted by Gasteiger charge is 2.18. The first kappa shape index (κ1) is 22.2. The maximum absolute atomic E-state index is 12.6. The van der Waals surface area contributed by atoms with Gasteiger partial charge < -0.3 is 10.2 Å². The second-order valence-corrected chi connectivity index (χ2v) is 10.3. The average molecular weight is 430 g/mol. The van der Waals surface area contributed by atoms with Crippen molar-refractivity contribution in [2.24, 2.45) is 5.92 Å². The van der Waals surface area contributed by atoms with Gasteiger partial charge in [0.25, 0.3) is 5.91 Å². The number of nitrogens with one attached hydrogen (secondary N) is 1. The quantitative estimate of drug-likeness (QED) is 0.758. The van der Waals surface area contributed by atoms with E-state index in [4.69, 9.17) is 0 Å². The number of amides is 1. The third kappa shape index (κ3) is 5.33. The van der Waals surface area contributed by atoms with Crippen LogP contribution < -0.4 is 14.5 Å². The van der Waals surface area contributed by atoms with Gasteiger partial charge >= 0.3 is 0 Å². The maximum atomic E-state index is 12.6. The van der Waals surface area contributed by atoms with Crippen LogP contribution in [0.2, 0.25) is 0 Å². The number of benzene rings is 2. The molecule has 6 nitrogen and oxygen atoms in total. The van der Waals surface area contributed by atoms with Crippen molar-refractivity contribution in [3.05, 3.63) is 59.7 Å². The molecule has 2 atom stereocenters. The van der Waals surface area contributed by atoms with Gasteiger partial charge in [0.15, 0.2) is 0 Å². The number of hydrogen-bond donors (Lipinski definition) is 1. The molecular formula is C23H31N3O3S. The molecule has 1 amide bonds. The normalized spacial score (nSPS) is 18.0. The Labute approximate surface area is 179 Å². The molecule has 1 fully saturated rings. The van der Waals surface area contributed by atoms with Gasteiger partial charge in [0.05, 0.1) is 18.0 Å². The van der Waals surface area contributed by atoms with E-state index in [9.17, 15) is 13.2 Å². The van der Waals surface area contributed by atoms with Crippen LogP contribution in [0, 0.1) is 5.92 Å². The van der Waals surface area contributed by atoms with Crippen molar-refractivity contribution in [3.63, 3.8) is 0 Å². The summed E-state index contributed by atoms with van der Waals surface area (Å²) in [4.78, 5) is 15.0. The van der Waals surface area contributed by atoms with Crippen molar-refractivity contribution < 1.29 is 13.2 Å². The van der Waals surface area contributed by atoms with Crippen molar-refractivity contribution in [1.29, 1.82) is 0 Å². The second-order valence-electron chi connectivity index (χ2n) is 8.26. The molecule has 2 aromatic carbocycles. The first-order valence-electron chi connectivity index (χ1n) is 10.3. The highest BCUT2D eigenvalue weighted by atomic mass is 32.2. The molecule has 1 aliphatic rings. The van der Waals surface area contributed by atoms with Gasteiger partial charge in [-0.1, -0.05) is 19.1 Å². The summed E-state index contributed by atoms with van der Waals surface area (Å²) >= 11 is 0. The molecule has 1 heterocycles. The minimum Gasteiger partial charge on any atom is -0.371 e. The van der Waals surface area contributed by atoms with Crippen LogP contribution in [-0.2, 0) is 10.0 Å². The van der Waals surface area contributed by atoms with Gasteiger partial charge in [-0.05, 0) is 67.6 Å². The number of hydrogen-bond acceptors (Lipinski definition) is 4. The molecule has 2 aromatic rings. The Bertz CT molecular complexity index is 972. The predicted octanol–water partition coefficient (Wildman–Crippen LogP) is 3.81. The van der Waals surface area contributed by atoms with Gasteiger partial charge in [-0.15, -0.1) is 0 Å². The number of anilines is 2. The van der Waals surface area contributed by atoms with E-state index < -0.39 is 10.0 Å². The molecule has 0 radical (unpaired) electrons. The summed E-state index contributed by atoms with van der Waals surface area (Å²) in [5, 5.41) is 3.01. The van der Waals surface area contributed by atoms with Crippen molar-refractivity contribution >= 4 is 27.3 Å². The minimum atomic E-state index is -3.33. The molecule has 7 heteroatoms. The topological polar surface area (TPSA) is 69.7 Å². The van der Waals surface area contributed by atoms with Crippen LogP contribution in [0.5, 0.6) is 0 Å². The molecule has 0 bridgehead atoms. The zero-order valence-electron chi connectivity index (χ0n) is 18.1. The van der Waals surface area contributed by atoms with Crippen molar-refractivity contribution in [3.8, 4) is 0 Å². The molecule has 30 heavy (non-hydrogen) atoms. The first-order chi connectivity index (χ1) is 14.1. The van der Waals surface area contributed by atoms with E-state index in [0.717, 1.165) is 30.8 Å². The second kappa shape index (κ2) is 9.08. The Balaban J connectivity index is 1.62. The predicted molar refractivity (Wildman–Crippen MR) is 123 cm³/mol. The van der Waals surface area contributed by atoms with Crippen LogP contribution >= 0.6 is 0 Å². The lowest BCUT2D eigenvalue weighted by Gasteiger charge is -2.33. The molecule has 0 aromatic heterocycles. The fourth-order valence-corrected chi connectivity index (χ4v) is 4.28. The largest absolute Gasteiger partial charge is 0.371 e. The van der Waals surface area contributed by atoms with Gasteiger partial charge in [0.1, 0.15) is 0 Å². The lowest BCUT2D eigenvalue weighted by atomic mass is 9.99. The summed E-state index contributed by atoms with van der Waals surface area (Å²) < 4.78 is 24.5. The summed E-state index contributed by atoms with van der Waals surface area (Å²) in [6.45, 7) is 6.45. The number of piperidine rings is 1. The third-order valence-corrected chi connectivity index (χ3v) is 6.96. The summed E-state index contributed by atoms with van der Waals surface area (Å²) in [7, 11) is -1.84. The third-order valence-electron chi connectivity index (χ3n) is 5.75. The fraction of sp³-hybridized carbons (Fsp3) is 0.435. The Morgan fingerprint density at radius 2 is 1.77 bits per heavy atom. The zero-order valence-corrected chi connectivity index (χ0v) is 18.9. The highest BCUT2D eigenvalue weighted by Crippen LogP contribution is 2.25. The zero-order chi connectivity index (χ0) is 21.9. The molecule has 1 N–H and O–H groups in total. The number of carbonyl (C=O) groups excluding carboxylic acids is 1. The lowest BCUT2D eigenvalue weighted by molar-refractivity contribution is 0.0940. The molecule has 1 saturated heterocycles. The summed E-state index contributed by atoms with van der Waals surface area (Å²) in [6, 6.07) is 14.8. The van der Waals surface area contributed by atoms with E-state index in [1.807, 2.05) is 6.92 Å². The van der Waals surface area contributed by atoms with E-state index in [2.05, 4.69) is 41.4 Å². The van der Waals surface area contributed by atoms with Gasteiger partial charge in [0, 0.05) is 31.4 Å². The standard InChI is InChI=1S/C23H31N3O3S/c1-17-6-5-15-26(16-17)22-13-7-19(8-14-22)18(2)24-23(27)20-9-11-21(12-10-20)25(3)30(4,28)29/h7-14,17-18H,5-6,15-16H2,1-4H3,(H,24,27)/t17-,18-/m1/s1. The van der Waals surface area contributed by atoms with E-state index in [-0.39, 0.29) is 11.9 Å². The summed E-state index contributed by atoms with van der Waals surface area (Å²) in [5.74, 6) is 0.533. The van der Waals surface area contributed by atoms with Crippen LogP contribution in [0.4, 0.5) is 11.4 Å². The highest BCUT2D eigenvalue weighted by molar-refractivity contribution is 7.92. The molecule has 1 aliphatic heterocycles. The van der Waals surface area contributed by atoms with Gasteiger partial charge in [-0.3, -0.25) is 9.10 Å². The minimum absolute atomic E-state index is 0.134. The molecular weight excluding hydrogens is 398 g/mol. The Morgan fingerprint density at radius 3 is 2.33 bits per heavy atom. The van der Waals surface area contributed by atoms with Crippen molar-refractivity contribution in [1.82, 2.24) is 5.32 Å². The molecule has 0 spiro atoms. The van der Waals surface area contributed by atoms with Crippen LogP contribution in [0.3, 0.4) is 0 Å². The average Bonchev–Trinajstić information content (AvgIpc) is 2.72. The molecule has 0 aliphatic carbocycles. The Morgan fingerprint density at radius 1 is 1.13 bits per heavy atom. The summed E-state index contributed by atoms with van der Waals surface area (Å²) in [6.07, 6.45) is 3.67. The van der Waals surface area contributed by atoms with E-state index in [1.54, 1.807) is 24.3 Å². The van der Waals surface area contributed by atoms with Crippen LogP contribution in [0.15, 0.2) is 48.5 Å². The van der Waals surface area contributed by atoms with Crippen LogP contribution in [-0.4, -0.2) is 40.7 Å². The van der Waals surface area contributed by atoms with E-state index in [1.165, 1.54) is 29.9 Å². The van der Waals surface area contributed by atoms with Gasteiger partial charge in [0.2, 0.25) is 10.0 Å². The molecule has 0 saturated carbocycles. The lowest BCUT2D eigenvalue weighted by Crippen LogP contribution is -2.34. The number of sulfonamides is 1. The SMILES string of the molecule is C[C@@H]1CCCN(c2ccc([C@@H](C)NC(=O)c3ccc(N(C)S(C)(=O)=O)cc3)cc2)C1. The fourth-order valence-electron chi connectivity index (χ4n) is 3.78. The van der Waals surface area contributed by atoms with Gasteiger partial charge in [-0.25, -0.2) is 8.42 Å². The maximum Gasteiger partial charge on any atom is 0.251 e. The van der Waals surface area contributed by atoms with E-state index >= 15 is 0 Å². The van der Waals surface area contributed by atoms with Crippen molar-refractivity contribution in [2.75, 3.05) is 35.6 Å². The Kier molecular flexibility index (Phi) is 6.71. The first-order valence-corrected chi connectivity index (χ1v) is 12.2. The van der Waals surface area contributed by atoms with Crippen LogP contribution in [0.25, 0.3) is 0 Å². The monoisotopic (exact) mass is 429 g/mol. The molecule has 3 rings (SSSR count).